The van der Waals surface area contributed by atoms with Crippen LogP contribution in [0.3, 0.4) is 0 Å². The maximum Gasteiger partial charge on any atom is 0.147 e. The van der Waals surface area contributed by atoms with Gasteiger partial charge in [-0.2, -0.15) is 0 Å². The van der Waals surface area contributed by atoms with Crippen LogP contribution in [-0.4, -0.2) is 9.97 Å². The van der Waals surface area contributed by atoms with Crippen LogP contribution in [0, 0.1) is 5.82 Å². The van der Waals surface area contributed by atoms with Crippen molar-refractivity contribution in [2.75, 3.05) is 11.1 Å². The van der Waals surface area contributed by atoms with Crippen LogP contribution in [-0.2, 0) is 6.42 Å². The van der Waals surface area contributed by atoms with Crippen molar-refractivity contribution in [3.8, 4) is 0 Å². The van der Waals surface area contributed by atoms with E-state index in [2.05, 4.69) is 31.2 Å². The molecule has 0 atom stereocenters. The Kier molecular flexibility index (Phi) is 3.76. The van der Waals surface area contributed by atoms with Gasteiger partial charge in [0.05, 0.1) is 5.69 Å². The topological polar surface area (TPSA) is 63.8 Å². The molecule has 0 aliphatic rings. The first-order chi connectivity index (χ1) is 8.63. The number of hydrogen-bond acceptors (Lipinski definition) is 4. The molecule has 0 amide bonds. The molecule has 0 aliphatic heterocycles. The predicted molar refractivity (Wildman–Crippen MR) is 73.2 cm³/mol. The van der Waals surface area contributed by atoms with E-state index in [-0.39, 0.29) is 5.82 Å². The zero-order chi connectivity index (χ0) is 13.1. The number of hydrogen-bond donors (Lipinski definition) is 2. The van der Waals surface area contributed by atoms with Crippen LogP contribution in [0.2, 0.25) is 0 Å². The number of rotatable bonds is 3. The maximum atomic E-state index is 13.7. The zero-order valence-electron chi connectivity index (χ0n) is 9.74. The van der Waals surface area contributed by atoms with Gasteiger partial charge in [0.1, 0.15) is 23.8 Å². The summed E-state index contributed by atoms with van der Waals surface area (Å²) in [5.41, 5.74) is 6.87. The van der Waals surface area contributed by atoms with Gasteiger partial charge < -0.3 is 11.1 Å². The molecule has 4 nitrogen and oxygen atoms in total. The Morgan fingerprint density at radius 1 is 1.39 bits per heavy atom. The number of benzene rings is 1. The van der Waals surface area contributed by atoms with Crippen LogP contribution in [0.4, 0.5) is 21.7 Å². The van der Waals surface area contributed by atoms with Gasteiger partial charge in [0, 0.05) is 10.0 Å². The van der Waals surface area contributed by atoms with E-state index in [1.165, 1.54) is 12.4 Å². The number of nitrogens with one attached hydrogen (secondary N) is 1. The molecular formula is C12H12BrFN4. The minimum Gasteiger partial charge on any atom is -0.383 e. The summed E-state index contributed by atoms with van der Waals surface area (Å²) in [6, 6.07) is 4.75. The lowest BCUT2D eigenvalue weighted by Crippen LogP contribution is -2.05. The summed E-state index contributed by atoms with van der Waals surface area (Å²) in [5.74, 6) is 0.571. The number of para-hydroxylation sites is 1. The molecule has 18 heavy (non-hydrogen) atoms. The summed E-state index contributed by atoms with van der Waals surface area (Å²) in [6.07, 6.45) is 2.02. The molecule has 2 rings (SSSR count). The minimum atomic E-state index is -0.358. The van der Waals surface area contributed by atoms with Crippen LogP contribution in [0.25, 0.3) is 0 Å². The fraction of sp³-hybridized carbons (Fsp3) is 0.167. The van der Waals surface area contributed by atoms with Crippen molar-refractivity contribution in [1.29, 1.82) is 0 Å². The van der Waals surface area contributed by atoms with Gasteiger partial charge >= 0.3 is 0 Å². The predicted octanol–water partition coefficient (Wildman–Crippen LogP) is 3.27. The average molecular weight is 311 g/mol. The lowest BCUT2D eigenvalue weighted by Gasteiger charge is -2.12. The van der Waals surface area contributed by atoms with Crippen molar-refractivity contribution in [1.82, 2.24) is 9.97 Å². The van der Waals surface area contributed by atoms with E-state index in [1.54, 1.807) is 12.1 Å². The van der Waals surface area contributed by atoms with Crippen molar-refractivity contribution < 1.29 is 4.39 Å². The van der Waals surface area contributed by atoms with Crippen molar-refractivity contribution in [3.63, 3.8) is 0 Å². The first kappa shape index (κ1) is 12.8. The third-order valence-corrected chi connectivity index (χ3v) is 3.20. The highest BCUT2D eigenvalue weighted by molar-refractivity contribution is 9.10. The number of halogens is 2. The molecule has 1 aromatic carbocycles. The fourth-order valence-electron chi connectivity index (χ4n) is 1.62. The molecule has 0 saturated carbocycles. The number of nitrogens with two attached hydrogens (primary N) is 1. The second-order valence-electron chi connectivity index (χ2n) is 3.66. The highest BCUT2D eigenvalue weighted by atomic mass is 79.9. The van der Waals surface area contributed by atoms with E-state index < -0.39 is 0 Å². The van der Waals surface area contributed by atoms with Gasteiger partial charge in [-0.25, -0.2) is 14.4 Å². The quantitative estimate of drug-likeness (QED) is 0.913. The Hall–Kier alpha value is -1.69. The molecule has 0 unspecified atom stereocenters. The van der Waals surface area contributed by atoms with E-state index in [4.69, 9.17) is 5.73 Å². The van der Waals surface area contributed by atoms with Gasteiger partial charge in [-0.1, -0.05) is 13.0 Å². The Labute approximate surface area is 113 Å². The fourth-order valence-corrected chi connectivity index (χ4v) is 2.06. The number of aromatic nitrogens is 2. The lowest BCUT2D eigenvalue weighted by molar-refractivity contribution is 0.631. The highest BCUT2D eigenvalue weighted by Crippen LogP contribution is 2.29. The second-order valence-corrected chi connectivity index (χ2v) is 4.52. The van der Waals surface area contributed by atoms with Gasteiger partial charge in [0.15, 0.2) is 0 Å². The van der Waals surface area contributed by atoms with E-state index >= 15 is 0 Å². The van der Waals surface area contributed by atoms with Crippen LogP contribution >= 0.6 is 15.9 Å². The van der Waals surface area contributed by atoms with E-state index in [0.717, 1.165) is 5.56 Å². The normalized spacial score (nSPS) is 10.4. The molecule has 0 saturated heterocycles. The van der Waals surface area contributed by atoms with Gasteiger partial charge in [0.2, 0.25) is 0 Å². The standard InChI is InChI=1S/C12H12BrFN4/c1-2-7-11(15)16-6-17-12(7)18-10-8(13)4-3-5-9(10)14/h3-6H,2H2,1H3,(H3,15,16,17,18). The van der Waals surface area contributed by atoms with Gasteiger partial charge in [-0.05, 0) is 34.5 Å². The molecule has 3 N–H and O–H groups in total. The Balaban J connectivity index is 2.43. The SMILES string of the molecule is CCc1c(N)ncnc1Nc1c(F)cccc1Br. The molecule has 0 fully saturated rings. The molecule has 0 radical (unpaired) electrons. The summed E-state index contributed by atoms with van der Waals surface area (Å²) in [6.45, 7) is 1.94. The van der Waals surface area contributed by atoms with Crippen molar-refractivity contribution in [2.24, 2.45) is 0 Å². The third kappa shape index (κ3) is 2.43. The van der Waals surface area contributed by atoms with E-state index in [9.17, 15) is 4.39 Å². The molecule has 0 aliphatic carbocycles. The van der Waals surface area contributed by atoms with Gasteiger partial charge in [-0.3, -0.25) is 0 Å². The van der Waals surface area contributed by atoms with Crippen molar-refractivity contribution in [3.05, 3.63) is 40.4 Å². The summed E-state index contributed by atoms with van der Waals surface area (Å²) in [7, 11) is 0. The summed E-state index contributed by atoms with van der Waals surface area (Å²) >= 11 is 3.29. The maximum absolute atomic E-state index is 13.7. The first-order valence-corrected chi connectivity index (χ1v) is 6.23. The molecule has 2 aromatic rings. The van der Waals surface area contributed by atoms with E-state index in [0.29, 0.717) is 28.2 Å². The third-order valence-electron chi connectivity index (χ3n) is 2.54. The molecule has 0 bridgehead atoms. The van der Waals surface area contributed by atoms with Gasteiger partial charge in [-0.15, -0.1) is 0 Å². The molecule has 0 spiro atoms. The molecular weight excluding hydrogens is 299 g/mol. The Morgan fingerprint density at radius 2 is 2.17 bits per heavy atom. The Morgan fingerprint density at radius 3 is 2.83 bits per heavy atom. The number of anilines is 3. The van der Waals surface area contributed by atoms with Crippen LogP contribution < -0.4 is 11.1 Å². The van der Waals surface area contributed by atoms with Crippen LogP contribution in [0.15, 0.2) is 29.0 Å². The number of nitrogen functional groups attached to an aromatic ring is 1. The van der Waals surface area contributed by atoms with Gasteiger partial charge in [0.25, 0.3) is 0 Å². The average Bonchev–Trinajstić information content (AvgIpc) is 2.34. The van der Waals surface area contributed by atoms with Crippen LogP contribution in [0.5, 0.6) is 0 Å². The minimum absolute atomic E-state index is 0.338. The Bertz CT molecular complexity index is 554. The van der Waals surface area contributed by atoms with Crippen molar-refractivity contribution >= 4 is 33.3 Å². The monoisotopic (exact) mass is 310 g/mol. The largest absolute Gasteiger partial charge is 0.383 e. The summed E-state index contributed by atoms with van der Waals surface area (Å²) < 4.78 is 14.3. The number of nitrogens with zero attached hydrogens (tertiary/aromatic N) is 2. The molecule has 1 aromatic heterocycles. The lowest BCUT2D eigenvalue weighted by atomic mass is 10.2. The van der Waals surface area contributed by atoms with E-state index in [1.807, 2.05) is 6.92 Å². The van der Waals surface area contributed by atoms with Crippen molar-refractivity contribution in [2.45, 2.75) is 13.3 Å². The van der Waals surface area contributed by atoms with Crippen LogP contribution in [0.1, 0.15) is 12.5 Å². The smallest absolute Gasteiger partial charge is 0.147 e. The summed E-state index contributed by atoms with van der Waals surface area (Å²) in [5, 5.41) is 2.95. The zero-order valence-corrected chi connectivity index (χ0v) is 11.3. The molecule has 6 heteroatoms. The second kappa shape index (κ2) is 5.30. The first-order valence-electron chi connectivity index (χ1n) is 5.43. The highest BCUT2D eigenvalue weighted by Gasteiger charge is 2.11. The molecule has 1 heterocycles. The molecule has 94 valence electrons. The summed E-state index contributed by atoms with van der Waals surface area (Å²) in [4.78, 5) is 8.02.